The number of halogens is 2. The number of hydrogen-bond donors (Lipinski definition) is 1. The summed E-state index contributed by atoms with van der Waals surface area (Å²) < 4.78 is 27.8. The second-order valence-corrected chi connectivity index (χ2v) is 4.51. The quantitative estimate of drug-likeness (QED) is 0.600. The maximum absolute atomic E-state index is 14.1. The van der Waals surface area contributed by atoms with Gasteiger partial charge in [-0.15, -0.1) is 6.42 Å². The summed E-state index contributed by atoms with van der Waals surface area (Å²) in [4.78, 5) is 0. The molecule has 18 heavy (non-hydrogen) atoms. The number of fused-ring (bicyclic) bond motifs is 1. The summed E-state index contributed by atoms with van der Waals surface area (Å²) in [6, 6.07) is 4.32. The number of nitrogen functional groups attached to an aromatic ring is 1. The SMILES string of the molecule is C#Cc1c(F)ccc2cc(N)c(F)c(C(C)C)c12. The minimum atomic E-state index is -0.518. The average Bonchev–Trinajstić information content (AvgIpc) is 2.31. The van der Waals surface area contributed by atoms with Gasteiger partial charge >= 0.3 is 0 Å². The summed E-state index contributed by atoms with van der Waals surface area (Å²) in [5.74, 6) is 1.13. The van der Waals surface area contributed by atoms with Crippen LogP contribution in [0.2, 0.25) is 0 Å². The molecule has 92 valence electrons. The lowest BCUT2D eigenvalue weighted by Crippen LogP contribution is -2.02. The summed E-state index contributed by atoms with van der Waals surface area (Å²) in [5.41, 5.74) is 6.16. The molecule has 0 bridgehead atoms. The highest BCUT2D eigenvalue weighted by Crippen LogP contribution is 2.34. The predicted molar refractivity (Wildman–Crippen MR) is 70.3 cm³/mol. The summed E-state index contributed by atoms with van der Waals surface area (Å²) in [7, 11) is 0. The van der Waals surface area contributed by atoms with Crippen LogP contribution in [0.15, 0.2) is 18.2 Å². The van der Waals surface area contributed by atoms with Crippen LogP contribution in [0, 0.1) is 24.0 Å². The number of hydrogen-bond acceptors (Lipinski definition) is 1. The van der Waals surface area contributed by atoms with E-state index in [1.165, 1.54) is 12.1 Å². The van der Waals surface area contributed by atoms with E-state index in [1.54, 1.807) is 6.07 Å². The van der Waals surface area contributed by atoms with Gasteiger partial charge in [0.1, 0.15) is 11.6 Å². The molecule has 0 saturated heterocycles. The lowest BCUT2D eigenvalue weighted by atomic mass is 9.91. The Labute approximate surface area is 105 Å². The van der Waals surface area contributed by atoms with Crippen molar-refractivity contribution in [2.45, 2.75) is 19.8 Å². The minimum absolute atomic E-state index is 0.0563. The first-order valence-corrected chi connectivity index (χ1v) is 5.64. The van der Waals surface area contributed by atoms with Crippen molar-refractivity contribution in [2.75, 3.05) is 5.73 Å². The van der Waals surface area contributed by atoms with Crippen molar-refractivity contribution < 1.29 is 8.78 Å². The molecule has 3 heteroatoms. The molecule has 2 rings (SSSR count). The fourth-order valence-corrected chi connectivity index (χ4v) is 2.18. The van der Waals surface area contributed by atoms with Crippen LogP contribution in [0.3, 0.4) is 0 Å². The summed E-state index contributed by atoms with van der Waals surface area (Å²) in [6.45, 7) is 3.64. The summed E-state index contributed by atoms with van der Waals surface area (Å²) >= 11 is 0. The fourth-order valence-electron chi connectivity index (χ4n) is 2.18. The summed E-state index contributed by atoms with van der Waals surface area (Å²) in [5, 5.41) is 1.10. The first-order chi connectivity index (χ1) is 8.47. The van der Waals surface area contributed by atoms with Gasteiger partial charge in [0.05, 0.1) is 11.3 Å². The Balaban J connectivity index is 3.06. The minimum Gasteiger partial charge on any atom is -0.396 e. The number of anilines is 1. The van der Waals surface area contributed by atoms with E-state index in [2.05, 4.69) is 5.92 Å². The zero-order valence-electron chi connectivity index (χ0n) is 10.2. The lowest BCUT2D eigenvalue weighted by molar-refractivity contribution is 0.605. The largest absolute Gasteiger partial charge is 0.396 e. The lowest BCUT2D eigenvalue weighted by Gasteiger charge is -2.15. The third kappa shape index (κ3) is 1.70. The molecule has 0 atom stereocenters. The van der Waals surface area contributed by atoms with Gasteiger partial charge in [-0.05, 0) is 23.4 Å². The van der Waals surface area contributed by atoms with Crippen LogP contribution < -0.4 is 5.73 Å². The van der Waals surface area contributed by atoms with Crippen molar-refractivity contribution in [1.82, 2.24) is 0 Å². The van der Waals surface area contributed by atoms with Gasteiger partial charge in [-0.1, -0.05) is 25.8 Å². The smallest absolute Gasteiger partial charge is 0.150 e. The molecule has 0 aromatic heterocycles. The van der Waals surface area contributed by atoms with Gasteiger partial charge in [-0.3, -0.25) is 0 Å². The normalized spacial score (nSPS) is 10.9. The topological polar surface area (TPSA) is 26.0 Å². The molecule has 0 spiro atoms. The molecule has 0 radical (unpaired) electrons. The molecule has 0 aliphatic rings. The maximum atomic E-state index is 14.1. The van der Waals surface area contributed by atoms with Crippen molar-refractivity contribution in [3.8, 4) is 12.3 Å². The third-order valence-corrected chi connectivity index (χ3v) is 2.98. The molecular weight excluding hydrogens is 232 g/mol. The zero-order chi connectivity index (χ0) is 13.4. The van der Waals surface area contributed by atoms with Crippen molar-refractivity contribution in [3.05, 3.63) is 41.0 Å². The molecule has 2 N–H and O–H groups in total. The second-order valence-electron chi connectivity index (χ2n) is 4.51. The molecule has 0 aliphatic heterocycles. The van der Waals surface area contributed by atoms with E-state index in [1.807, 2.05) is 13.8 Å². The number of terminal acetylenes is 1. The average molecular weight is 245 g/mol. The van der Waals surface area contributed by atoms with E-state index >= 15 is 0 Å². The fraction of sp³-hybridized carbons (Fsp3) is 0.200. The zero-order valence-corrected chi connectivity index (χ0v) is 10.2. The van der Waals surface area contributed by atoms with E-state index in [9.17, 15) is 8.78 Å². The van der Waals surface area contributed by atoms with Crippen LogP contribution in [0.25, 0.3) is 10.8 Å². The molecule has 0 fully saturated rings. The Hall–Kier alpha value is -2.08. The highest BCUT2D eigenvalue weighted by atomic mass is 19.1. The highest BCUT2D eigenvalue weighted by molar-refractivity contribution is 5.94. The summed E-state index contributed by atoms with van der Waals surface area (Å²) in [6.07, 6.45) is 5.33. The Morgan fingerprint density at radius 3 is 2.50 bits per heavy atom. The molecule has 0 saturated carbocycles. The van der Waals surface area contributed by atoms with Crippen LogP contribution in [-0.2, 0) is 0 Å². The van der Waals surface area contributed by atoms with Crippen LogP contribution in [-0.4, -0.2) is 0 Å². The van der Waals surface area contributed by atoms with Gasteiger partial charge in [0, 0.05) is 10.9 Å². The molecular formula is C15H13F2N. The van der Waals surface area contributed by atoms with E-state index in [0.29, 0.717) is 16.3 Å². The first-order valence-electron chi connectivity index (χ1n) is 5.64. The predicted octanol–water partition coefficient (Wildman–Crippen LogP) is 3.80. The Bertz CT molecular complexity index is 666. The van der Waals surface area contributed by atoms with E-state index in [0.717, 1.165) is 0 Å². The number of benzene rings is 2. The molecule has 0 amide bonds. The van der Waals surface area contributed by atoms with Gasteiger partial charge in [0.15, 0.2) is 0 Å². The second kappa shape index (κ2) is 4.30. The molecule has 0 unspecified atom stereocenters. The Kier molecular flexibility index (Phi) is 2.96. The van der Waals surface area contributed by atoms with Gasteiger partial charge in [0.25, 0.3) is 0 Å². The van der Waals surface area contributed by atoms with Gasteiger partial charge in [-0.2, -0.15) is 0 Å². The van der Waals surface area contributed by atoms with Gasteiger partial charge in [0.2, 0.25) is 0 Å². The first kappa shape index (κ1) is 12.4. The highest BCUT2D eigenvalue weighted by Gasteiger charge is 2.18. The van der Waals surface area contributed by atoms with Crippen LogP contribution >= 0.6 is 0 Å². The molecule has 2 aromatic rings. The van der Waals surface area contributed by atoms with E-state index < -0.39 is 11.6 Å². The maximum Gasteiger partial charge on any atom is 0.150 e. The monoisotopic (exact) mass is 245 g/mol. The van der Waals surface area contributed by atoms with Gasteiger partial charge in [-0.25, -0.2) is 8.78 Å². The van der Waals surface area contributed by atoms with E-state index in [-0.39, 0.29) is 17.2 Å². The molecule has 1 nitrogen and oxygen atoms in total. The number of nitrogens with two attached hydrogens (primary N) is 1. The molecule has 2 aromatic carbocycles. The Morgan fingerprint density at radius 2 is 1.94 bits per heavy atom. The van der Waals surface area contributed by atoms with Crippen molar-refractivity contribution >= 4 is 16.5 Å². The standard InChI is InChI=1S/C15H13F2N/c1-4-10-11(16)6-5-9-7-12(18)15(17)13(8(2)3)14(9)10/h1,5-8H,18H2,2-3H3. The van der Waals surface area contributed by atoms with Gasteiger partial charge < -0.3 is 5.73 Å². The van der Waals surface area contributed by atoms with Crippen LogP contribution in [0.4, 0.5) is 14.5 Å². The van der Waals surface area contributed by atoms with E-state index in [4.69, 9.17) is 12.2 Å². The molecule has 0 heterocycles. The van der Waals surface area contributed by atoms with Crippen molar-refractivity contribution in [3.63, 3.8) is 0 Å². The number of rotatable bonds is 1. The Morgan fingerprint density at radius 1 is 1.28 bits per heavy atom. The van der Waals surface area contributed by atoms with Crippen LogP contribution in [0.1, 0.15) is 30.9 Å². The molecule has 0 aliphatic carbocycles. The van der Waals surface area contributed by atoms with Crippen LogP contribution in [0.5, 0.6) is 0 Å². The third-order valence-electron chi connectivity index (χ3n) is 2.98. The van der Waals surface area contributed by atoms with Crippen molar-refractivity contribution in [1.29, 1.82) is 0 Å². The van der Waals surface area contributed by atoms with Crippen molar-refractivity contribution in [2.24, 2.45) is 0 Å².